The zero-order valence-electron chi connectivity index (χ0n) is 9.91. The number of fused-ring (bicyclic) bond motifs is 1. The summed E-state index contributed by atoms with van der Waals surface area (Å²) in [6, 6.07) is 9.18. The first-order valence-electron chi connectivity index (χ1n) is 6.29. The molecule has 1 aliphatic rings. The Kier molecular flexibility index (Phi) is 3.12. The Labute approximate surface area is 101 Å². The van der Waals surface area contributed by atoms with Crippen LogP contribution in [0.4, 0.5) is 0 Å². The third kappa shape index (κ3) is 2.35. The molecule has 2 N–H and O–H groups in total. The molecule has 0 atom stereocenters. The summed E-state index contributed by atoms with van der Waals surface area (Å²) >= 11 is 0. The maximum absolute atomic E-state index is 5.36. The van der Waals surface area contributed by atoms with Crippen molar-refractivity contribution < 1.29 is 4.74 Å². The molecule has 0 spiro atoms. The van der Waals surface area contributed by atoms with Crippen molar-refractivity contribution in [2.45, 2.75) is 25.4 Å². The van der Waals surface area contributed by atoms with E-state index in [2.05, 4.69) is 34.6 Å². The van der Waals surface area contributed by atoms with E-state index in [0.29, 0.717) is 6.04 Å². The molecular weight excluding hydrogens is 212 g/mol. The van der Waals surface area contributed by atoms with Gasteiger partial charge < -0.3 is 15.0 Å². The summed E-state index contributed by atoms with van der Waals surface area (Å²) in [5.74, 6) is 0. The quantitative estimate of drug-likeness (QED) is 0.849. The van der Waals surface area contributed by atoms with E-state index in [-0.39, 0.29) is 0 Å². The molecule has 0 amide bonds. The first kappa shape index (κ1) is 10.8. The molecule has 3 heteroatoms. The molecule has 3 nitrogen and oxygen atoms in total. The minimum Gasteiger partial charge on any atom is -0.381 e. The second-order valence-electron chi connectivity index (χ2n) is 4.62. The van der Waals surface area contributed by atoms with Crippen molar-refractivity contribution >= 4 is 10.9 Å². The number of hydrogen-bond donors (Lipinski definition) is 2. The van der Waals surface area contributed by atoms with E-state index in [4.69, 9.17) is 4.74 Å². The number of benzene rings is 1. The van der Waals surface area contributed by atoms with Crippen LogP contribution in [0.1, 0.15) is 18.4 Å². The number of rotatable bonds is 3. The second kappa shape index (κ2) is 4.90. The van der Waals surface area contributed by atoms with Crippen molar-refractivity contribution in [3.8, 4) is 0 Å². The van der Waals surface area contributed by atoms with Gasteiger partial charge in [0.2, 0.25) is 0 Å². The third-order valence-corrected chi connectivity index (χ3v) is 3.49. The normalized spacial score (nSPS) is 17.6. The van der Waals surface area contributed by atoms with E-state index in [0.717, 1.165) is 32.6 Å². The lowest BCUT2D eigenvalue weighted by molar-refractivity contribution is 0.0776. The van der Waals surface area contributed by atoms with Crippen LogP contribution < -0.4 is 5.32 Å². The van der Waals surface area contributed by atoms with Gasteiger partial charge in [0.05, 0.1) is 0 Å². The molecule has 17 heavy (non-hydrogen) atoms. The maximum Gasteiger partial charge on any atom is 0.0480 e. The van der Waals surface area contributed by atoms with Gasteiger partial charge in [0.25, 0.3) is 0 Å². The van der Waals surface area contributed by atoms with E-state index in [1.54, 1.807) is 0 Å². The predicted molar refractivity (Wildman–Crippen MR) is 69.0 cm³/mol. The molecule has 2 aromatic rings. The highest BCUT2D eigenvalue weighted by Crippen LogP contribution is 2.17. The summed E-state index contributed by atoms with van der Waals surface area (Å²) in [6.07, 6.45) is 4.26. The van der Waals surface area contributed by atoms with Crippen molar-refractivity contribution in [2.24, 2.45) is 0 Å². The average Bonchev–Trinajstić information content (AvgIpc) is 2.86. The Bertz CT molecular complexity index is 486. The predicted octanol–water partition coefficient (Wildman–Crippen LogP) is 2.44. The molecule has 0 bridgehead atoms. The lowest BCUT2D eigenvalue weighted by atomic mass is 10.1. The Morgan fingerprint density at radius 2 is 2.12 bits per heavy atom. The van der Waals surface area contributed by atoms with Crippen LogP contribution in [0, 0.1) is 0 Å². The number of aromatic nitrogens is 1. The molecule has 2 heterocycles. The summed E-state index contributed by atoms with van der Waals surface area (Å²) in [5.41, 5.74) is 2.59. The molecule has 0 radical (unpaired) electrons. The minimum atomic E-state index is 0.609. The van der Waals surface area contributed by atoms with Gasteiger partial charge in [-0.05, 0) is 30.5 Å². The molecular formula is C14H18N2O. The lowest BCUT2D eigenvalue weighted by Gasteiger charge is -2.23. The first-order valence-corrected chi connectivity index (χ1v) is 6.29. The lowest BCUT2D eigenvalue weighted by Crippen LogP contribution is -2.34. The summed E-state index contributed by atoms with van der Waals surface area (Å²) in [7, 11) is 0. The van der Waals surface area contributed by atoms with Crippen LogP contribution >= 0.6 is 0 Å². The smallest absolute Gasteiger partial charge is 0.0480 e. The highest BCUT2D eigenvalue weighted by molar-refractivity contribution is 5.82. The van der Waals surface area contributed by atoms with E-state index < -0.39 is 0 Å². The van der Waals surface area contributed by atoms with Crippen LogP contribution in [0.5, 0.6) is 0 Å². The van der Waals surface area contributed by atoms with Crippen LogP contribution in [-0.4, -0.2) is 24.2 Å². The zero-order chi connectivity index (χ0) is 11.5. The Morgan fingerprint density at radius 1 is 1.24 bits per heavy atom. The van der Waals surface area contributed by atoms with Gasteiger partial charge in [-0.15, -0.1) is 0 Å². The number of H-pyrrole nitrogens is 1. The summed E-state index contributed by atoms with van der Waals surface area (Å²) < 4.78 is 5.36. The van der Waals surface area contributed by atoms with Gasteiger partial charge in [-0.2, -0.15) is 0 Å². The highest BCUT2D eigenvalue weighted by atomic mass is 16.5. The SMILES string of the molecule is c1cc(CNC2CCOCC2)c2cc[nH]c2c1. The highest BCUT2D eigenvalue weighted by Gasteiger charge is 2.13. The molecule has 1 fully saturated rings. The third-order valence-electron chi connectivity index (χ3n) is 3.49. The van der Waals surface area contributed by atoms with E-state index >= 15 is 0 Å². The fraction of sp³-hybridized carbons (Fsp3) is 0.429. The van der Waals surface area contributed by atoms with Crippen molar-refractivity contribution in [3.05, 3.63) is 36.0 Å². The van der Waals surface area contributed by atoms with Crippen LogP contribution in [0.3, 0.4) is 0 Å². The molecule has 3 rings (SSSR count). The fourth-order valence-electron chi connectivity index (χ4n) is 2.46. The van der Waals surface area contributed by atoms with Crippen LogP contribution in [-0.2, 0) is 11.3 Å². The van der Waals surface area contributed by atoms with E-state index in [1.165, 1.54) is 16.5 Å². The van der Waals surface area contributed by atoms with Gasteiger partial charge >= 0.3 is 0 Å². The van der Waals surface area contributed by atoms with Crippen LogP contribution in [0.25, 0.3) is 10.9 Å². The molecule has 0 saturated carbocycles. The van der Waals surface area contributed by atoms with Gasteiger partial charge in [-0.1, -0.05) is 12.1 Å². The van der Waals surface area contributed by atoms with Gasteiger partial charge in [-0.3, -0.25) is 0 Å². The minimum absolute atomic E-state index is 0.609. The van der Waals surface area contributed by atoms with Crippen molar-refractivity contribution in [1.82, 2.24) is 10.3 Å². The molecule has 1 saturated heterocycles. The number of nitrogens with one attached hydrogen (secondary N) is 2. The van der Waals surface area contributed by atoms with E-state index in [1.807, 2.05) is 6.20 Å². The van der Waals surface area contributed by atoms with E-state index in [9.17, 15) is 0 Å². The average molecular weight is 230 g/mol. The Balaban J connectivity index is 1.69. The summed E-state index contributed by atoms with van der Waals surface area (Å²) in [6.45, 7) is 2.73. The Morgan fingerprint density at radius 3 is 3.00 bits per heavy atom. The van der Waals surface area contributed by atoms with Crippen molar-refractivity contribution in [1.29, 1.82) is 0 Å². The topological polar surface area (TPSA) is 37.0 Å². The monoisotopic (exact) mass is 230 g/mol. The van der Waals surface area contributed by atoms with Gasteiger partial charge in [0, 0.05) is 42.9 Å². The first-order chi connectivity index (χ1) is 8.43. The molecule has 1 aromatic heterocycles. The van der Waals surface area contributed by atoms with Crippen LogP contribution in [0.15, 0.2) is 30.5 Å². The summed E-state index contributed by atoms with van der Waals surface area (Å²) in [4.78, 5) is 3.25. The zero-order valence-corrected chi connectivity index (χ0v) is 9.91. The maximum atomic E-state index is 5.36. The van der Waals surface area contributed by atoms with Crippen LogP contribution in [0.2, 0.25) is 0 Å². The molecule has 1 aliphatic heterocycles. The molecule has 90 valence electrons. The van der Waals surface area contributed by atoms with Gasteiger partial charge in [0.1, 0.15) is 0 Å². The standard InChI is InChI=1S/C14H18N2O/c1-2-11(13-4-7-15-14(13)3-1)10-16-12-5-8-17-9-6-12/h1-4,7,12,15-16H,5-6,8-10H2. The molecule has 0 unspecified atom stereocenters. The van der Waals surface area contributed by atoms with Gasteiger partial charge in [-0.25, -0.2) is 0 Å². The number of ether oxygens (including phenoxy) is 1. The second-order valence-corrected chi connectivity index (χ2v) is 4.62. The van der Waals surface area contributed by atoms with Crippen molar-refractivity contribution in [3.63, 3.8) is 0 Å². The summed E-state index contributed by atoms with van der Waals surface area (Å²) in [5, 5.41) is 4.95. The largest absolute Gasteiger partial charge is 0.381 e. The van der Waals surface area contributed by atoms with Crippen molar-refractivity contribution in [2.75, 3.05) is 13.2 Å². The molecule has 1 aromatic carbocycles. The Hall–Kier alpha value is -1.32. The number of hydrogen-bond acceptors (Lipinski definition) is 2. The number of aromatic amines is 1. The fourth-order valence-corrected chi connectivity index (χ4v) is 2.46. The van der Waals surface area contributed by atoms with Gasteiger partial charge in [0.15, 0.2) is 0 Å². The molecule has 0 aliphatic carbocycles.